The lowest BCUT2D eigenvalue weighted by Crippen LogP contribution is -2.13. The molecule has 0 atom stereocenters. The fourth-order valence-corrected chi connectivity index (χ4v) is 2.88. The number of aromatic carboxylic acids is 1. The number of nitrogens with zero attached hydrogens (tertiary/aromatic N) is 1. The second-order valence-corrected chi connectivity index (χ2v) is 7.72. The van der Waals surface area contributed by atoms with E-state index in [2.05, 4.69) is 65.3 Å². The first-order valence-electron chi connectivity index (χ1n) is 7.96. The van der Waals surface area contributed by atoms with Crippen molar-refractivity contribution in [2.24, 2.45) is 0 Å². The molecule has 3 heteroatoms. The van der Waals surface area contributed by atoms with E-state index in [1.54, 1.807) is 0 Å². The van der Waals surface area contributed by atoms with Crippen LogP contribution in [0, 0.1) is 0 Å². The number of hydrogen-bond donors (Lipinski definition) is 1. The number of carboxylic acid groups (broad SMARTS) is 1. The summed E-state index contributed by atoms with van der Waals surface area (Å²) in [6.07, 6.45) is 2.12. The second kappa shape index (κ2) is 5.45. The van der Waals surface area contributed by atoms with Gasteiger partial charge in [0.15, 0.2) is 0 Å². The molecule has 0 amide bonds. The smallest absolute Gasteiger partial charge is 0.337 e. The maximum absolute atomic E-state index is 11.8. The zero-order chi connectivity index (χ0) is 16.8. The Morgan fingerprint density at radius 2 is 1.73 bits per heavy atom. The van der Waals surface area contributed by atoms with Crippen LogP contribution in [0.2, 0.25) is 0 Å². The van der Waals surface area contributed by atoms with Gasteiger partial charge < -0.3 is 9.67 Å². The van der Waals surface area contributed by atoms with Crippen molar-refractivity contribution in [3.8, 4) is 0 Å². The van der Waals surface area contributed by atoms with Gasteiger partial charge in [-0.25, -0.2) is 4.79 Å². The van der Waals surface area contributed by atoms with E-state index in [9.17, 15) is 9.90 Å². The summed E-state index contributed by atoms with van der Waals surface area (Å²) >= 11 is 0. The number of benzene rings is 1. The predicted octanol–water partition coefficient (Wildman–Crippen LogP) is 5.34. The highest BCUT2D eigenvalue weighted by Crippen LogP contribution is 2.36. The van der Waals surface area contributed by atoms with Gasteiger partial charge in [-0.2, -0.15) is 0 Å². The van der Waals surface area contributed by atoms with E-state index in [0.717, 1.165) is 16.5 Å². The van der Waals surface area contributed by atoms with Crippen LogP contribution in [0.15, 0.2) is 18.3 Å². The first kappa shape index (κ1) is 16.6. The Labute approximate surface area is 133 Å². The summed E-state index contributed by atoms with van der Waals surface area (Å²) in [6.45, 7) is 14.9. The molecule has 1 aromatic heterocycles. The first-order valence-corrected chi connectivity index (χ1v) is 7.96. The molecule has 0 aliphatic rings. The molecule has 0 saturated carbocycles. The minimum atomic E-state index is -0.855. The molecule has 3 nitrogen and oxygen atoms in total. The summed E-state index contributed by atoms with van der Waals surface area (Å²) < 4.78 is 2.10. The summed E-state index contributed by atoms with van der Waals surface area (Å²) in [5.41, 5.74) is 3.47. The summed E-state index contributed by atoms with van der Waals surface area (Å²) in [7, 11) is 0. The van der Waals surface area contributed by atoms with Gasteiger partial charge in [-0.15, -0.1) is 0 Å². The quantitative estimate of drug-likeness (QED) is 0.831. The van der Waals surface area contributed by atoms with Gasteiger partial charge in [0.25, 0.3) is 0 Å². The van der Waals surface area contributed by atoms with E-state index in [4.69, 9.17) is 0 Å². The van der Waals surface area contributed by atoms with Crippen LogP contribution in [0.4, 0.5) is 0 Å². The van der Waals surface area contributed by atoms with E-state index in [1.165, 1.54) is 5.56 Å². The average Bonchev–Trinajstić information content (AvgIpc) is 2.75. The number of aromatic nitrogens is 1. The molecule has 1 N–H and O–H groups in total. The van der Waals surface area contributed by atoms with Crippen molar-refractivity contribution in [1.82, 2.24) is 4.57 Å². The highest BCUT2D eigenvalue weighted by Gasteiger charge is 2.24. The van der Waals surface area contributed by atoms with E-state index in [1.807, 2.05) is 6.07 Å². The third-order valence-electron chi connectivity index (χ3n) is 4.23. The van der Waals surface area contributed by atoms with Gasteiger partial charge in [0.2, 0.25) is 0 Å². The average molecular weight is 301 g/mol. The minimum absolute atomic E-state index is 0.0768. The van der Waals surface area contributed by atoms with E-state index >= 15 is 0 Å². The van der Waals surface area contributed by atoms with Gasteiger partial charge >= 0.3 is 5.97 Å². The molecule has 1 heterocycles. The molecule has 120 valence electrons. The molecule has 2 aromatic rings. The maximum Gasteiger partial charge on any atom is 0.337 e. The Balaban J connectivity index is 2.96. The molecule has 0 aliphatic carbocycles. The Kier molecular flexibility index (Phi) is 4.12. The molecule has 0 radical (unpaired) electrons. The first-order chi connectivity index (χ1) is 10.0. The zero-order valence-electron chi connectivity index (χ0n) is 14.7. The lowest BCUT2D eigenvalue weighted by atomic mass is 9.84. The number of fused-ring (bicyclic) bond motifs is 1. The van der Waals surface area contributed by atoms with Crippen molar-refractivity contribution < 1.29 is 9.90 Å². The van der Waals surface area contributed by atoms with E-state index in [-0.39, 0.29) is 11.5 Å². The summed E-state index contributed by atoms with van der Waals surface area (Å²) in [4.78, 5) is 11.8. The summed E-state index contributed by atoms with van der Waals surface area (Å²) in [6, 6.07) is 4.25. The van der Waals surface area contributed by atoms with Gasteiger partial charge in [0.05, 0.1) is 11.1 Å². The Bertz CT molecular complexity index is 715. The third-order valence-corrected chi connectivity index (χ3v) is 4.23. The van der Waals surface area contributed by atoms with Crippen LogP contribution in [0.3, 0.4) is 0 Å². The van der Waals surface area contributed by atoms with Crippen molar-refractivity contribution in [3.05, 3.63) is 35.0 Å². The normalized spacial score (nSPS) is 12.6. The Morgan fingerprint density at radius 3 is 2.14 bits per heavy atom. The van der Waals surface area contributed by atoms with Gasteiger partial charge in [-0.1, -0.05) is 34.6 Å². The summed E-state index contributed by atoms with van der Waals surface area (Å²) in [5.74, 6) is -0.495. The predicted molar refractivity (Wildman–Crippen MR) is 92.1 cm³/mol. The SMILES string of the molecule is CC(C)c1cn(C(C)C)c2c(C(=O)O)cc(C(C)(C)C)cc12. The Hall–Kier alpha value is -1.77. The van der Waals surface area contributed by atoms with Crippen LogP contribution in [0.25, 0.3) is 10.9 Å². The second-order valence-electron chi connectivity index (χ2n) is 7.72. The number of carboxylic acids is 1. The van der Waals surface area contributed by atoms with Crippen molar-refractivity contribution in [2.45, 2.75) is 65.8 Å². The molecular weight excluding hydrogens is 274 g/mol. The number of carbonyl (C=O) groups is 1. The molecule has 0 spiro atoms. The van der Waals surface area contributed by atoms with Crippen LogP contribution < -0.4 is 0 Å². The lowest BCUT2D eigenvalue weighted by molar-refractivity contribution is 0.0698. The van der Waals surface area contributed by atoms with Crippen LogP contribution in [0.1, 0.15) is 81.9 Å². The summed E-state index contributed by atoms with van der Waals surface area (Å²) in [5, 5.41) is 10.8. The molecule has 1 aromatic carbocycles. The standard InChI is InChI=1S/C19H27NO2/c1-11(2)16-10-20(12(3)4)17-14(16)8-13(19(5,6)7)9-15(17)18(21)22/h8-12H,1-7H3,(H,21,22). The molecule has 0 fully saturated rings. The van der Waals surface area contributed by atoms with Crippen molar-refractivity contribution >= 4 is 16.9 Å². The third kappa shape index (κ3) is 2.77. The molecular formula is C19H27NO2. The fourth-order valence-electron chi connectivity index (χ4n) is 2.88. The highest BCUT2D eigenvalue weighted by atomic mass is 16.4. The molecule has 0 unspecified atom stereocenters. The lowest BCUT2D eigenvalue weighted by Gasteiger charge is -2.21. The van der Waals surface area contributed by atoms with Crippen molar-refractivity contribution in [2.75, 3.05) is 0 Å². The number of hydrogen-bond acceptors (Lipinski definition) is 1. The van der Waals surface area contributed by atoms with Crippen LogP contribution in [-0.2, 0) is 5.41 Å². The number of rotatable bonds is 3. The molecule has 22 heavy (non-hydrogen) atoms. The van der Waals surface area contributed by atoms with Crippen LogP contribution >= 0.6 is 0 Å². The van der Waals surface area contributed by atoms with E-state index < -0.39 is 5.97 Å². The van der Waals surface area contributed by atoms with Crippen molar-refractivity contribution in [3.63, 3.8) is 0 Å². The Morgan fingerprint density at radius 1 is 1.14 bits per heavy atom. The molecule has 2 rings (SSSR count). The largest absolute Gasteiger partial charge is 0.478 e. The van der Waals surface area contributed by atoms with Gasteiger partial charge in [0.1, 0.15) is 0 Å². The van der Waals surface area contributed by atoms with Crippen LogP contribution in [-0.4, -0.2) is 15.6 Å². The van der Waals surface area contributed by atoms with Gasteiger partial charge in [-0.3, -0.25) is 0 Å². The maximum atomic E-state index is 11.8. The fraction of sp³-hybridized carbons (Fsp3) is 0.526. The molecule has 0 aliphatic heterocycles. The monoisotopic (exact) mass is 301 g/mol. The van der Waals surface area contributed by atoms with E-state index in [0.29, 0.717) is 11.5 Å². The highest BCUT2D eigenvalue weighted by molar-refractivity contribution is 6.04. The van der Waals surface area contributed by atoms with Gasteiger partial charge in [-0.05, 0) is 48.4 Å². The topological polar surface area (TPSA) is 42.2 Å². The van der Waals surface area contributed by atoms with Crippen LogP contribution in [0.5, 0.6) is 0 Å². The van der Waals surface area contributed by atoms with Crippen molar-refractivity contribution in [1.29, 1.82) is 0 Å². The molecule has 0 saturated heterocycles. The van der Waals surface area contributed by atoms with Gasteiger partial charge in [0, 0.05) is 17.6 Å². The molecule has 0 bridgehead atoms. The zero-order valence-corrected chi connectivity index (χ0v) is 14.7. The minimum Gasteiger partial charge on any atom is -0.478 e.